The van der Waals surface area contributed by atoms with Gasteiger partial charge in [-0.15, -0.1) is 0 Å². The van der Waals surface area contributed by atoms with Gasteiger partial charge in [-0.2, -0.15) is 11.8 Å². The lowest BCUT2D eigenvalue weighted by molar-refractivity contribution is 0.482. The van der Waals surface area contributed by atoms with E-state index in [0.717, 1.165) is 23.2 Å². The number of furan rings is 1. The summed E-state index contributed by atoms with van der Waals surface area (Å²) in [4.78, 5) is 0. The maximum absolute atomic E-state index is 5.50. The molecule has 0 fully saturated rings. The maximum Gasteiger partial charge on any atom is 0.117 e. The van der Waals surface area contributed by atoms with Crippen molar-refractivity contribution in [2.75, 3.05) is 5.75 Å². The van der Waals surface area contributed by atoms with Crippen LogP contribution in [0.5, 0.6) is 0 Å². The molecule has 0 spiro atoms. The van der Waals surface area contributed by atoms with Crippen molar-refractivity contribution >= 4 is 11.8 Å². The summed E-state index contributed by atoms with van der Waals surface area (Å²) in [7, 11) is 0. The maximum atomic E-state index is 5.50. The first-order chi connectivity index (χ1) is 6.76. The van der Waals surface area contributed by atoms with E-state index in [1.807, 2.05) is 23.9 Å². The van der Waals surface area contributed by atoms with E-state index >= 15 is 0 Å². The van der Waals surface area contributed by atoms with Crippen LogP contribution >= 0.6 is 11.8 Å². The molecular weight excluding hydrogens is 194 g/mol. The highest BCUT2D eigenvalue weighted by molar-refractivity contribution is 7.98. The van der Waals surface area contributed by atoms with Crippen molar-refractivity contribution < 1.29 is 4.42 Å². The SMILES string of the molecule is CCC(C)CSCc1ccc(CN)o1. The Morgan fingerprint density at radius 2 is 2.14 bits per heavy atom. The van der Waals surface area contributed by atoms with Crippen LogP contribution in [-0.4, -0.2) is 5.75 Å². The van der Waals surface area contributed by atoms with Crippen molar-refractivity contribution in [3.05, 3.63) is 23.7 Å². The van der Waals surface area contributed by atoms with Gasteiger partial charge >= 0.3 is 0 Å². The summed E-state index contributed by atoms with van der Waals surface area (Å²) in [6, 6.07) is 3.98. The van der Waals surface area contributed by atoms with Crippen LogP contribution in [0.25, 0.3) is 0 Å². The van der Waals surface area contributed by atoms with E-state index in [4.69, 9.17) is 10.2 Å². The van der Waals surface area contributed by atoms with E-state index < -0.39 is 0 Å². The second-order valence-corrected chi connectivity index (χ2v) is 4.63. The molecule has 0 aliphatic carbocycles. The smallest absolute Gasteiger partial charge is 0.117 e. The Bertz CT molecular complexity index is 260. The third kappa shape index (κ3) is 3.76. The van der Waals surface area contributed by atoms with Crippen molar-refractivity contribution in [1.82, 2.24) is 0 Å². The molecule has 0 amide bonds. The molecule has 2 N–H and O–H groups in total. The normalized spacial score (nSPS) is 13.1. The van der Waals surface area contributed by atoms with E-state index in [1.54, 1.807) is 0 Å². The number of hydrogen-bond donors (Lipinski definition) is 1. The molecule has 1 rings (SSSR count). The number of thioether (sulfide) groups is 1. The zero-order valence-electron chi connectivity index (χ0n) is 8.95. The quantitative estimate of drug-likeness (QED) is 0.789. The molecule has 0 radical (unpaired) electrons. The van der Waals surface area contributed by atoms with Gasteiger partial charge in [0, 0.05) is 0 Å². The van der Waals surface area contributed by atoms with Crippen molar-refractivity contribution in [3.8, 4) is 0 Å². The average Bonchev–Trinajstić information content (AvgIpc) is 2.65. The first kappa shape index (κ1) is 11.7. The van der Waals surface area contributed by atoms with Gasteiger partial charge in [0.05, 0.1) is 12.3 Å². The van der Waals surface area contributed by atoms with Crippen LogP contribution in [0.15, 0.2) is 16.5 Å². The molecule has 1 aromatic rings. The lowest BCUT2D eigenvalue weighted by atomic mass is 10.2. The molecule has 0 aromatic carbocycles. The van der Waals surface area contributed by atoms with Gasteiger partial charge in [-0.1, -0.05) is 20.3 Å². The minimum Gasteiger partial charge on any atom is -0.464 e. The van der Waals surface area contributed by atoms with Crippen LogP contribution < -0.4 is 5.73 Å². The van der Waals surface area contributed by atoms with E-state index in [0.29, 0.717) is 6.54 Å². The van der Waals surface area contributed by atoms with Gasteiger partial charge in [0.25, 0.3) is 0 Å². The molecule has 2 nitrogen and oxygen atoms in total. The van der Waals surface area contributed by atoms with Crippen LogP contribution in [0.4, 0.5) is 0 Å². The predicted molar refractivity (Wildman–Crippen MR) is 62.2 cm³/mol. The van der Waals surface area contributed by atoms with E-state index in [9.17, 15) is 0 Å². The molecular formula is C11H19NOS. The summed E-state index contributed by atoms with van der Waals surface area (Å²) in [5.41, 5.74) is 5.46. The topological polar surface area (TPSA) is 39.2 Å². The largest absolute Gasteiger partial charge is 0.464 e. The molecule has 14 heavy (non-hydrogen) atoms. The lowest BCUT2D eigenvalue weighted by Gasteiger charge is -2.05. The third-order valence-electron chi connectivity index (χ3n) is 2.26. The van der Waals surface area contributed by atoms with Gasteiger partial charge in [0.15, 0.2) is 0 Å². The molecule has 1 aromatic heterocycles. The number of rotatable bonds is 6. The van der Waals surface area contributed by atoms with Crippen LogP contribution in [-0.2, 0) is 12.3 Å². The van der Waals surface area contributed by atoms with Crippen LogP contribution in [0.3, 0.4) is 0 Å². The summed E-state index contributed by atoms with van der Waals surface area (Å²) < 4.78 is 5.50. The minimum atomic E-state index is 0.496. The van der Waals surface area contributed by atoms with Crippen molar-refractivity contribution in [1.29, 1.82) is 0 Å². The molecule has 80 valence electrons. The van der Waals surface area contributed by atoms with Gasteiger partial charge in [-0.25, -0.2) is 0 Å². The first-order valence-electron chi connectivity index (χ1n) is 5.11. The summed E-state index contributed by atoms with van der Waals surface area (Å²) in [5, 5.41) is 0. The Hall–Kier alpha value is -0.410. The molecule has 0 saturated carbocycles. The molecule has 3 heteroatoms. The third-order valence-corrected chi connectivity index (χ3v) is 3.56. The minimum absolute atomic E-state index is 0.496. The van der Waals surface area contributed by atoms with Gasteiger partial charge in [0.1, 0.15) is 11.5 Å². The fraction of sp³-hybridized carbons (Fsp3) is 0.636. The van der Waals surface area contributed by atoms with Gasteiger partial charge < -0.3 is 10.2 Å². The number of nitrogens with two attached hydrogens (primary N) is 1. The summed E-state index contributed by atoms with van der Waals surface area (Å²) >= 11 is 1.93. The summed E-state index contributed by atoms with van der Waals surface area (Å²) in [6.45, 7) is 5.00. The number of hydrogen-bond acceptors (Lipinski definition) is 3. The molecule has 1 atom stereocenters. The average molecular weight is 213 g/mol. The van der Waals surface area contributed by atoms with Crippen molar-refractivity contribution in [2.45, 2.75) is 32.6 Å². The standard InChI is InChI=1S/C11H19NOS/c1-3-9(2)7-14-8-11-5-4-10(6-12)13-11/h4-5,9H,3,6-8,12H2,1-2H3. The van der Waals surface area contributed by atoms with E-state index in [-0.39, 0.29) is 0 Å². The van der Waals surface area contributed by atoms with Crippen molar-refractivity contribution in [2.24, 2.45) is 11.7 Å². The van der Waals surface area contributed by atoms with E-state index in [1.165, 1.54) is 12.2 Å². The van der Waals surface area contributed by atoms with Crippen LogP contribution in [0.1, 0.15) is 31.8 Å². The Labute approximate surface area is 90.2 Å². The molecule has 0 aliphatic rings. The van der Waals surface area contributed by atoms with Crippen LogP contribution in [0.2, 0.25) is 0 Å². The molecule has 0 bridgehead atoms. The highest BCUT2D eigenvalue weighted by atomic mass is 32.2. The molecule has 0 saturated heterocycles. The Morgan fingerprint density at radius 3 is 2.71 bits per heavy atom. The lowest BCUT2D eigenvalue weighted by Crippen LogP contribution is -1.95. The fourth-order valence-corrected chi connectivity index (χ4v) is 2.20. The zero-order valence-corrected chi connectivity index (χ0v) is 9.77. The van der Waals surface area contributed by atoms with E-state index in [2.05, 4.69) is 13.8 Å². The fourth-order valence-electron chi connectivity index (χ4n) is 1.09. The van der Waals surface area contributed by atoms with Crippen LogP contribution in [0, 0.1) is 5.92 Å². The highest BCUT2D eigenvalue weighted by Gasteiger charge is 2.02. The zero-order chi connectivity index (χ0) is 10.4. The van der Waals surface area contributed by atoms with Gasteiger partial charge in [-0.3, -0.25) is 0 Å². The Balaban J connectivity index is 2.24. The Morgan fingerprint density at radius 1 is 1.43 bits per heavy atom. The molecule has 1 heterocycles. The second kappa shape index (κ2) is 6.14. The summed E-state index contributed by atoms with van der Waals surface area (Å²) in [6.07, 6.45) is 1.25. The predicted octanol–water partition coefficient (Wildman–Crippen LogP) is 3.02. The van der Waals surface area contributed by atoms with Gasteiger partial charge in [-0.05, 0) is 23.8 Å². The molecule has 1 unspecified atom stereocenters. The second-order valence-electron chi connectivity index (χ2n) is 3.60. The highest BCUT2D eigenvalue weighted by Crippen LogP contribution is 2.18. The molecule has 0 aliphatic heterocycles. The summed E-state index contributed by atoms with van der Waals surface area (Å²) in [5.74, 6) is 4.88. The monoisotopic (exact) mass is 213 g/mol. The first-order valence-corrected chi connectivity index (χ1v) is 6.27. The van der Waals surface area contributed by atoms with Crippen molar-refractivity contribution in [3.63, 3.8) is 0 Å². The van der Waals surface area contributed by atoms with Gasteiger partial charge in [0.2, 0.25) is 0 Å². The Kier molecular flexibility index (Phi) is 5.12.